The summed E-state index contributed by atoms with van der Waals surface area (Å²) in [5.41, 5.74) is 1.22. The molecule has 5 rings (SSSR count). The van der Waals surface area contributed by atoms with Gasteiger partial charge in [-0.15, -0.1) is 0 Å². The number of fused-ring (bicyclic) bond motifs is 1. The van der Waals surface area contributed by atoms with Gasteiger partial charge < -0.3 is 4.90 Å². The fourth-order valence-electron chi connectivity index (χ4n) is 5.92. The molecule has 3 aromatic rings. The third-order valence-corrected chi connectivity index (χ3v) is 9.96. The molecule has 216 valence electrons. The van der Waals surface area contributed by atoms with E-state index in [-0.39, 0.29) is 16.4 Å². The zero-order valence-corrected chi connectivity index (χ0v) is 24.6. The molecule has 0 radical (unpaired) electrons. The Labute approximate surface area is 245 Å². The van der Waals surface area contributed by atoms with Gasteiger partial charge in [0, 0.05) is 22.7 Å². The normalized spacial score (nSPS) is 23.1. The Balaban J connectivity index is 1.67. The highest BCUT2D eigenvalue weighted by atomic mass is 35.5. The second kappa shape index (κ2) is 11.6. The van der Waals surface area contributed by atoms with Crippen LogP contribution in [0, 0.1) is 0 Å². The maximum absolute atomic E-state index is 14.2. The molecule has 3 aromatic carbocycles. The first-order chi connectivity index (χ1) is 19.5. The number of nitrogens with zero attached hydrogens (tertiary/aromatic N) is 1. The molecule has 1 fully saturated rings. The lowest BCUT2D eigenvalue weighted by atomic mass is 9.76. The Morgan fingerprint density at radius 1 is 0.878 bits per heavy atom. The molecule has 1 aliphatic carbocycles. The van der Waals surface area contributed by atoms with Crippen molar-refractivity contribution in [2.75, 3.05) is 6.26 Å². The number of rotatable bonds is 7. The maximum Gasteiger partial charge on any atom is 0.264 e. The van der Waals surface area contributed by atoms with Crippen LogP contribution in [0.25, 0.3) is 0 Å². The quantitative estimate of drug-likeness (QED) is 0.413. The summed E-state index contributed by atoms with van der Waals surface area (Å²) in [5.74, 6) is -2.28. The Kier molecular flexibility index (Phi) is 8.24. The van der Waals surface area contributed by atoms with E-state index in [1.807, 2.05) is 0 Å². The van der Waals surface area contributed by atoms with Gasteiger partial charge in [0.15, 0.2) is 0 Å². The molecular formula is C29H30ClN3O6S2. The highest BCUT2D eigenvalue weighted by Gasteiger charge is 2.49. The molecule has 2 amide bonds. The predicted octanol–water partition coefficient (Wildman–Crippen LogP) is 3.99. The van der Waals surface area contributed by atoms with Crippen LogP contribution in [0.15, 0.2) is 83.8 Å². The van der Waals surface area contributed by atoms with Crippen LogP contribution in [0.5, 0.6) is 0 Å². The van der Waals surface area contributed by atoms with E-state index in [2.05, 4.69) is 9.44 Å². The monoisotopic (exact) mass is 615 g/mol. The lowest BCUT2D eigenvalue weighted by Crippen LogP contribution is -2.59. The summed E-state index contributed by atoms with van der Waals surface area (Å²) in [6, 6.07) is 18.8. The first-order valence-electron chi connectivity index (χ1n) is 13.2. The number of halogens is 1. The third kappa shape index (κ3) is 6.18. The summed E-state index contributed by atoms with van der Waals surface area (Å²) in [6.45, 7) is 0. The average molecular weight is 616 g/mol. The highest BCUT2D eigenvalue weighted by molar-refractivity contribution is 7.90. The van der Waals surface area contributed by atoms with Crippen molar-refractivity contribution in [3.63, 3.8) is 0 Å². The van der Waals surface area contributed by atoms with Crippen molar-refractivity contribution in [3.05, 3.63) is 101 Å². The summed E-state index contributed by atoms with van der Waals surface area (Å²) < 4.78 is 56.0. The van der Waals surface area contributed by atoms with Gasteiger partial charge >= 0.3 is 0 Å². The predicted molar refractivity (Wildman–Crippen MR) is 155 cm³/mol. The lowest BCUT2D eigenvalue weighted by molar-refractivity contribution is -0.122. The SMILES string of the molecule is CS(=O)(=O)N[C@H]1CCCC[C@@H]1N1C(=O)c2ccccc2[C@@H](C(=O)NS(=O)(=O)c2ccccc2)[C@@H]1c1ccc(Cl)cc1. The molecule has 0 unspecified atom stereocenters. The van der Waals surface area contributed by atoms with Gasteiger partial charge in [0.25, 0.3) is 15.9 Å². The van der Waals surface area contributed by atoms with Crippen LogP contribution in [-0.2, 0) is 24.8 Å². The minimum atomic E-state index is -4.23. The van der Waals surface area contributed by atoms with Crippen LogP contribution in [0.1, 0.15) is 59.1 Å². The maximum atomic E-state index is 14.2. The molecule has 0 spiro atoms. The van der Waals surface area contributed by atoms with Crippen molar-refractivity contribution in [3.8, 4) is 0 Å². The number of amides is 2. The number of hydrogen-bond acceptors (Lipinski definition) is 6. The Bertz CT molecular complexity index is 1660. The van der Waals surface area contributed by atoms with Crippen molar-refractivity contribution >= 4 is 43.5 Å². The fourth-order valence-corrected chi connectivity index (χ4v) is 7.90. The van der Waals surface area contributed by atoms with Crippen molar-refractivity contribution in [2.45, 2.75) is 54.6 Å². The summed E-state index contributed by atoms with van der Waals surface area (Å²) in [6.07, 6.45) is 3.61. The minimum Gasteiger partial charge on any atom is -0.326 e. The second-order valence-electron chi connectivity index (χ2n) is 10.4. The standard InChI is InChI=1S/C29H30ClN3O6S2/c1-40(36,37)31-24-13-7-8-14-25(24)33-27(19-15-17-20(30)18-16-19)26(22-11-5-6-12-23(22)29(33)35)28(34)32-41(38,39)21-9-3-2-4-10-21/h2-6,9-12,15-18,24-27,31H,7-8,13-14H2,1H3,(H,32,34)/t24-,25-,26+,27-/m0/s1. The smallest absolute Gasteiger partial charge is 0.264 e. The summed E-state index contributed by atoms with van der Waals surface area (Å²) in [7, 11) is -7.84. The van der Waals surface area contributed by atoms with Gasteiger partial charge in [0.05, 0.1) is 23.1 Å². The molecule has 2 aliphatic rings. The number of sulfonamides is 2. The summed E-state index contributed by atoms with van der Waals surface area (Å²) >= 11 is 6.18. The molecule has 0 bridgehead atoms. The van der Waals surface area contributed by atoms with Crippen LogP contribution in [0.2, 0.25) is 5.02 Å². The highest BCUT2D eigenvalue weighted by Crippen LogP contribution is 2.46. The van der Waals surface area contributed by atoms with Crippen LogP contribution in [0.3, 0.4) is 0 Å². The minimum absolute atomic E-state index is 0.0712. The molecule has 2 N–H and O–H groups in total. The van der Waals surface area contributed by atoms with Gasteiger partial charge in [-0.05, 0) is 54.3 Å². The molecule has 0 saturated heterocycles. The number of benzene rings is 3. The lowest BCUT2D eigenvalue weighted by Gasteiger charge is -2.49. The van der Waals surface area contributed by atoms with Crippen LogP contribution in [0.4, 0.5) is 0 Å². The van der Waals surface area contributed by atoms with E-state index in [9.17, 15) is 26.4 Å². The summed E-state index contributed by atoms with van der Waals surface area (Å²) in [5, 5.41) is 0.449. The molecule has 9 nitrogen and oxygen atoms in total. The largest absolute Gasteiger partial charge is 0.326 e. The zero-order valence-electron chi connectivity index (χ0n) is 22.2. The topological polar surface area (TPSA) is 130 Å². The zero-order chi connectivity index (χ0) is 29.4. The molecule has 41 heavy (non-hydrogen) atoms. The first kappa shape index (κ1) is 29.2. The van der Waals surface area contributed by atoms with Gasteiger partial charge in [0.1, 0.15) is 0 Å². The number of hydrogen-bond donors (Lipinski definition) is 2. The van der Waals surface area contributed by atoms with Gasteiger partial charge in [-0.2, -0.15) is 0 Å². The van der Waals surface area contributed by atoms with Gasteiger partial charge in [-0.3, -0.25) is 9.59 Å². The molecule has 1 heterocycles. The van der Waals surface area contributed by atoms with Crippen LogP contribution < -0.4 is 9.44 Å². The number of carbonyl (C=O) groups excluding carboxylic acids is 2. The molecule has 12 heteroatoms. The number of carbonyl (C=O) groups is 2. The van der Waals surface area contributed by atoms with Gasteiger partial charge in [0.2, 0.25) is 15.9 Å². The molecule has 1 aliphatic heterocycles. The van der Waals surface area contributed by atoms with Crippen molar-refractivity contribution in [1.82, 2.24) is 14.3 Å². The molecule has 4 atom stereocenters. The second-order valence-corrected chi connectivity index (χ2v) is 14.3. The van der Waals surface area contributed by atoms with Crippen LogP contribution in [-0.4, -0.2) is 51.9 Å². The van der Waals surface area contributed by atoms with E-state index in [1.165, 1.54) is 12.1 Å². The molecule has 1 saturated carbocycles. The van der Waals surface area contributed by atoms with E-state index in [0.29, 0.717) is 29.0 Å². The fraction of sp³-hybridized carbons (Fsp3) is 0.310. The Morgan fingerprint density at radius 2 is 1.51 bits per heavy atom. The average Bonchev–Trinajstić information content (AvgIpc) is 2.93. The van der Waals surface area contributed by atoms with Gasteiger partial charge in [-0.25, -0.2) is 26.3 Å². The molecule has 0 aromatic heterocycles. The van der Waals surface area contributed by atoms with Crippen molar-refractivity contribution in [2.24, 2.45) is 0 Å². The van der Waals surface area contributed by atoms with Crippen LogP contribution >= 0.6 is 11.6 Å². The Hall–Kier alpha value is -3.25. The van der Waals surface area contributed by atoms with Crippen molar-refractivity contribution < 1.29 is 26.4 Å². The number of nitrogens with one attached hydrogen (secondary N) is 2. The van der Waals surface area contributed by atoms with Gasteiger partial charge in [-0.1, -0.05) is 73.0 Å². The van der Waals surface area contributed by atoms with E-state index >= 15 is 0 Å². The molecular weight excluding hydrogens is 586 g/mol. The Morgan fingerprint density at radius 3 is 2.20 bits per heavy atom. The van der Waals surface area contributed by atoms with E-state index in [0.717, 1.165) is 19.1 Å². The van der Waals surface area contributed by atoms with Crippen molar-refractivity contribution in [1.29, 1.82) is 0 Å². The first-order valence-corrected chi connectivity index (χ1v) is 17.0. The van der Waals surface area contributed by atoms with E-state index < -0.39 is 50.0 Å². The third-order valence-electron chi connectivity index (χ3n) is 7.61. The summed E-state index contributed by atoms with van der Waals surface area (Å²) in [4.78, 5) is 29.8. The van der Waals surface area contributed by atoms with E-state index in [1.54, 1.807) is 71.6 Å². The van der Waals surface area contributed by atoms with E-state index in [4.69, 9.17) is 11.6 Å².